The molecule has 0 saturated carbocycles. The van der Waals surface area contributed by atoms with Gasteiger partial charge in [0.1, 0.15) is 18.0 Å². The molecule has 1 aromatic heterocycles. The third-order valence-electron chi connectivity index (χ3n) is 4.17. The second-order valence-corrected chi connectivity index (χ2v) is 5.96. The highest BCUT2D eigenvalue weighted by Crippen LogP contribution is 2.27. The van der Waals surface area contributed by atoms with Gasteiger partial charge in [0.25, 0.3) is 0 Å². The molecule has 2 aromatic rings. The SMILES string of the molecule is CCCc1nc([C@@H]2CN([C@@H](C(N)=O)c3ccccc3)CCO2)n[nH]1. The van der Waals surface area contributed by atoms with Gasteiger partial charge in [0.2, 0.25) is 5.91 Å². The number of primary amides is 1. The standard InChI is InChI=1S/C17H23N5O2/c1-2-6-14-19-17(21-20-14)13-11-22(9-10-24-13)15(16(18)23)12-7-4-3-5-8-12/h3-5,7-8,13,15H,2,6,9-11H2,1H3,(H2,18,23)(H,19,20,21)/t13-,15+/m0/s1. The highest BCUT2D eigenvalue weighted by atomic mass is 16.5. The maximum Gasteiger partial charge on any atom is 0.239 e. The number of benzene rings is 1. The third kappa shape index (κ3) is 3.63. The Kier molecular flexibility index (Phi) is 5.22. The topological polar surface area (TPSA) is 97.1 Å². The molecule has 7 nitrogen and oxygen atoms in total. The van der Waals surface area contributed by atoms with Crippen LogP contribution in [0.5, 0.6) is 0 Å². The molecule has 1 aromatic carbocycles. The Bertz CT molecular complexity index is 673. The lowest BCUT2D eigenvalue weighted by molar-refractivity contribution is -0.127. The molecule has 128 valence electrons. The molecule has 0 spiro atoms. The first-order chi connectivity index (χ1) is 11.7. The van der Waals surface area contributed by atoms with Crippen molar-refractivity contribution < 1.29 is 9.53 Å². The zero-order valence-electron chi connectivity index (χ0n) is 13.8. The predicted octanol–water partition coefficient (Wildman–Crippen LogP) is 1.36. The first-order valence-corrected chi connectivity index (χ1v) is 8.30. The molecule has 24 heavy (non-hydrogen) atoms. The largest absolute Gasteiger partial charge is 0.368 e. The van der Waals surface area contributed by atoms with E-state index in [9.17, 15) is 4.79 Å². The number of hydrogen-bond acceptors (Lipinski definition) is 5. The normalized spacial score (nSPS) is 20.0. The summed E-state index contributed by atoms with van der Waals surface area (Å²) in [7, 11) is 0. The van der Waals surface area contributed by atoms with Crippen LogP contribution in [-0.2, 0) is 16.0 Å². The van der Waals surface area contributed by atoms with Crippen LogP contribution in [0.1, 0.15) is 42.7 Å². The number of morpholine rings is 1. The Morgan fingerprint density at radius 1 is 1.46 bits per heavy atom. The van der Waals surface area contributed by atoms with E-state index in [2.05, 4.69) is 22.1 Å². The zero-order chi connectivity index (χ0) is 16.9. The Morgan fingerprint density at radius 2 is 2.25 bits per heavy atom. The van der Waals surface area contributed by atoms with E-state index < -0.39 is 6.04 Å². The van der Waals surface area contributed by atoms with Crippen LogP contribution >= 0.6 is 0 Å². The number of nitrogens with one attached hydrogen (secondary N) is 1. The van der Waals surface area contributed by atoms with Crippen LogP contribution < -0.4 is 5.73 Å². The number of carbonyl (C=O) groups excluding carboxylic acids is 1. The van der Waals surface area contributed by atoms with E-state index in [1.165, 1.54) is 0 Å². The first kappa shape index (κ1) is 16.6. The molecule has 0 bridgehead atoms. The van der Waals surface area contributed by atoms with Gasteiger partial charge in [-0.25, -0.2) is 4.98 Å². The van der Waals surface area contributed by atoms with Crippen LogP contribution in [0.2, 0.25) is 0 Å². The number of aromatic amines is 1. The monoisotopic (exact) mass is 329 g/mol. The summed E-state index contributed by atoms with van der Waals surface area (Å²) in [6.45, 7) is 3.79. The van der Waals surface area contributed by atoms with Gasteiger partial charge in [0.05, 0.1) is 6.61 Å². The van der Waals surface area contributed by atoms with Crippen LogP contribution in [0.4, 0.5) is 0 Å². The minimum Gasteiger partial charge on any atom is -0.368 e. The van der Waals surface area contributed by atoms with Crippen molar-refractivity contribution in [3.05, 3.63) is 47.5 Å². The molecule has 1 aliphatic rings. The summed E-state index contributed by atoms with van der Waals surface area (Å²) in [6, 6.07) is 9.13. The van der Waals surface area contributed by atoms with E-state index in [1.54, 1.807) is 0 Å². The van der Waals surface area contributed by atoms with Crippen LogP contribution in [0.25, 0.3) is 0 Å². The molecule has 1 aliphatic heterocycles. The molecular weight excluding hydrogens is 306 g/mol. The maximum atomic E-state index is 12.0. The van der Waals surface area contributed by atoms with Gasteiger partial charge in [-0.1, -0.05) is 37.3 Å². The predicted molar refractivity (Wildman–Crippen MR) is 89.0 cm³/mol. The fourth-order valence-electron chi connectivity index (χ4n) is 3.05. The number of amides is 1. The lowest BCUT2D eigenvalue weighted by Gasteiger charge is -2.36. The second kappa shape index (κ2) is 7.55. The number of nitrogens with zero attached hydrogens (tertiary/aromatic N) is 3. The quantitative estimate of drug-likeness (QED) is 0.834. The van der Waals surface area contributed by atoms with Crippen LogP contribution in [-0.4, -0.2) is 45.7 Å². The highest BCUT2D eigenvalue weighted by molar-refractivity contribution is 5.81. The van der Waals surface area contributed by atoms with Crippen molar-refractivity contribution in [1.29, 1.82) is 0 Å². The molecule has 3 N–H and O–H groups in total. The average molecular weight is 329 g/mol. The van der Waals surface area contributed by atoms with E-state index in [-0.39, 0.29) is 12.0 Å². The summed E-state index contributed by atoms with van der Waals surface area (Å²) < 4.78 is 5.81. The molecule has 0 unspecified atom stereocenters. The number of H-pyrrole nitrogens is 1. The van der Waals surface area contributed by atoms with E-state index in [4.69, 9.17) is 10.5 Å². The Labute approximate surface area is 141 Å². The van der Waals surface area contributed by atoms with Gasteiger partial charge in [-0.2, -0.15) is 5.10 Å². The number of aromatic nitrogens is 3. The molecular formula is C17H23N5O2. The van der Waals surface area contributed by atoms with Gasteiger partial charge in [0.15, 0.2) is 5.82 Å². The lowest BCUT2D eigenvalue weighted by atomic mass is 10.0. The molecule has 0 aliphatic carbocycles. The van der Waals surface area contributed by atoms with Crippen molar-refractivity contribution >= 4 is 5.91 Å². The Balaban J connectivity index is 1.77. The van der Waals surface area contributed by atoms with Gasteiger partial charge < -0.3 is 10.5 Å². The van der Waals surface area contributed by atoms with Crippen molar-refractivity contribution in [2.45, 2.75) is 31.9 Å². The molecule has 7 heteroatoms. The Morgan fingerprint density at radius 3 is 2.96 bits per heavy atom. The zero-order valence-corrected chi connectivity index (χ0v) is 13.8. The molecule has 2 heterocycles. The minimum absolute atomic E-state index is 0.258. The van der Waals surface area contributed by atoms with E-state index >= 15 is 0 Å². The average Bonchev–Trinajstić information content (AvgIpc) is 3.05. The van der Waals surface area contributed by atoms with Crippen molar-refractivity contribution in [1.82, 2.24) is 20.1 Å². The lowest BCUT2D eigenvalue weighted by Crippen LogP contribution is -2.45. The van der Waals surface area contributed by atoms with Gasteiger partial charge in [0, 0.05) is 19.5 Å². The van der Waals surface area contributed by atoms with Crippen LogP contribution in [0.3, 0.4) is 0 Å². The van der Waals surface area contributed by atoms with E-state index in [0.29, 0.717) is 25.5 Å². The van der Waals surface area contributed by atoms with Crippen molar-refractivity contribution in [2.24, 2.45) is 5.73 Å². The number of hydrogen-bond donors (Lipinski definition) is 2. The summed E-state index contributed by atoms with van der Waals surface area (Å²) in [5.41, 5.74) is 6.56. The minimum atomic E-state index is -0.466. The van der Waals surface area contributed by atoms with Gasteiger partial charge in [-0.15, -0.1) is 0 Å². The van der Waals surface area contributed by atoms with Crippen molar-refractivity contribution in [3.63, 3.8) is 0 Å². The Hall–Kier alpha value is -2.25. The summed E-state index contributed by atoms with van der Waals surface area (Å²) in [6.07, 6.45) is 1.60. The second-order valence-electron chi connectivity index (χ2n) is 5.96. The summed E-state index contributed by atoms with van der Waals surface area (Å²) in [5, 5.41) is 7.22. The van der Waals surface area contributed by atoms with Gasteiger partial charge in [-0.05, 0) is 12.0 Å². The van der Waals surface area contributed by atoms with Crippen LogP contribution in [0.15, 0.2) is 30.3 Å². The number of ether oxygens (including phenoxy) is 1. The summed E-state index contributed by atoms with van der Waals surface area (Å²) >= 11 is 0. The fourth-order valence-corrected chi connectivity index (χ4v) is 3.05. The molecule has 1 fully saturated rings. The van der Waals surface area contributed by atoms with Crippen molar-refractivity contribution in [2.75, 3.05) is 19.7 Å². The van der Waals surface area contributed by atoms with Crippen LogP contribution in [0, 0.1) is 0 Å². The van der Waals surface area contributed by atoms with Gasteiger partial charge >= 0.3 is 0 Å². The summed E-state index contributed by atoms with van der Waals surface area (Å²) in [4.78, 5) is 18.6. The third-order valence-corrected chi connectivity index (χ3v) is 4.17. The summed E-state index contributed by atoms with van der Waals surface area (Å²) in [5.74, 6) is 1.14. The molecule has 2 atom stereocenters. The fraction of sp³-hybridized carbons (Fsp3) is 0.471. The number of rotatable bonds is 6. The molecule has 3 rings (SSSR count). The van der Waals surface area contributed by atoms with Crippen molar-refractivity contribution in [3.8, 4) is 0 Å². The maximum absolute atomic E-state index is 12.0. The number of aryl methyl sites for hydroxylation is 1. The van der Waals surface area contributed by atoms with Gasteiger partial charge in [-0.3, -0.25) is 14.8 Å². The number of nitrogens with two attached hydrogens (primary N) is 1. The number of carbonyl (C=O) groups is 1. The first-order valence-electron chi connectivity index (χ1n) is 8.30. The molecule has 0 radical (unpaired) electrons. The molecule has 1 saturated heterocycles. The molecule has 1 amide bonds. The smallest absolute Gasteiger partial charge is 0.239 e. The van der Waals surface area contributed by atoms with E-state index in [1.807, 2.05) is 35.2 Å². The highest BCUT2D eigenvalue weighted by Gasteiger charge is 2.33. The van der Waals surface area contributed by atoms with E-state index in [0.717, 1.165) is 24.2 Å².